The van der Waals surface area contributed by atoms with Gasteiger partial charge in [-0.3, -0.25) is 4.98 Å². The third kappa shape index (κ3) is 2.63. The zero-order chi connectivity index (χ0) is 12.3. The summed E-state index contributed by atoms with van der Waals surface area (Å²) < 4.78 is 5.12. The number of aromatic nitrogens is 1. The van der Waals surface area contributed by atoms with Crippen LogP contribution in [0.5, 0.6) is 0 Å². The predicted octanol–water partition coefficient (Wildman–Crippen LogP) is 2.29. The summed E-state index contributed by atoms with van der Waals surface area (Å²) in [4.78, 5) is 14.7. The van der Waals surface area contributed by atoms with Crippen molar-refractivity contribution in [2.75, 3.05) is 5.32 Å². The van der Waals surface area contributed by atoms with Gasteiger partial charge in [0.1, 0.15) is 12.0 Å². The van der Waals surface area contributed by atoms with E-state index in [1.165, 1.54) is 12.3 Å². The van der Waals surface area contributed by atoms with Crippen LogP contribution in [0.3, 0.4) is 0 Å². The lowest BCUT2D eigenvalue weighted by atomic mass is 10.2. The Morgan fingerprint density at radius 1 is 1.59 bits per heavy atom. The largest absolute Gasteiger partial charge is 0.478 e. The van der Waals surface area contributed by atoms with E-state index in [2.05, 4.69) is 10.3 Å². The van der Waals surface area contributed by atoms with E-state index in [-0.39, 0.29) is 5.56 Å². The summed E-state index contributed by atoms with van der Waals surface area (Å²) in [6.45, 7) is 2.40. The Morgan fingerprint density at radius 2 is 2.41 bits per heavy atom. The normalized spacial score (nSPS) is 10.2. The van der Waals surface area contributed by atoms with Crippen molar-refractivity contribution in [1.29, 1.82) is 0 Å². The topological polar surface area (TPSA) is 75.4 Å². The van der Waals surface area contributed by atoms with Crippen LogP contribution in [-0.2, 0) is 6.54 Å². The number of carboxylic acids is 1. The number of carboxylic acid groups (broad SMARTS) is 1. The van der Waals surface area contributed by atoms with Crippen molar-refractivity contribution >= 4 is 11.7 Å². The molecule has 2 aromatic heterocycles. The van der Waals surface area contributed by atoms with Gasteiger partial charge in [-0.05, 0) is 24.6 Å². The van der Waals surface area contributed by atoms with Gasteiger partial charge in [0.25, 0.3) is 0 Å². The highest BCUT2D eigenvalue weighted by Crippen LogP contribution is 2.14. The molecule has 0 unspecified atom stereocenters. The molecular formula is C12H12N2O3. The standard InChI is InChI=1S/C12H12N2O3/c1-8-2-3-13-6-11(8)14-5-10-4-9(7-17-10)12(15)16/h2-4,6-7,14H,5H2,1H3,(H,15,16). The molecule has 0 atom stereocenters. The Morgan fingerprint density at radius 3 is 3.06 bits per heavy atom. The number of aryl methyl sites for hydroxylation is 1. The average Bonchev–Trinajstić information content (AvgIpc) is 2.77. The highest BCUT2D eigenvalue weighted by molar-refractivity contribution is 5.87. The maximum absolute atomic E-state index is 10.7. The van der Waals surface area contributed by atoms with Crippen LogP contribution < -0.4 is 5.32 Å². The molecule has 88 valence electrons. The number of hydrogen-bond donors (Lipinski definition) is 2. The monoisotopic (exact) mass is 232 g/mol. The molecule has 2 rings (SSSR count). The number of furan rings is 1. The number of carbonyl (C=O) groups is 1. The molecule has 0 aromatic carbocycles. The van der Waals surface area contributed by atoms with E-state index in [9.17, 15) is 4.79 Å². The summed E-state index contributed by atoms with van der Waals surface area (Å²) in [7, 11) is 0. The van der Waals surface area contributed by atoms with Gasteiger partial charge in [0, 0.05) is 6.20 Å². The number of hydrogen-bond acceptors (Lipinski definition) is 4. The van der Waals surface area contributed by atoms with Gasteiger partial charge in [-0.15, -0.1) is 0 Å². The summed E-state index contributed by atoms with van der Waals surface area (Å²) in [5.74, 6) is -0.414. The van der Waals surface area contributed by atoms with E-state index in [0.717, 1.165) is 11.3 Å². The SMILES string of the molecule is Cc1ccncc1NCc1cc(C(=O)O)co1. The molecule has 2 heterocycles. The zero-order valence-electron chi connectivity index (χ0n) is 9.30. The second kappa shape index (κ2) is 4.69. The Kier molecular flexibility index (Phi) is 3.09. The molecule has 0 saturated heterocycles. The van der Waals surface area contributed by atoms with Gasteiger partial charge in [-0.1, -0.05) is 0 Å². The summed E-state index contributed by atoms with van der Waals surface area (Å²) in [5.41, 5.74) is 2.13. The van der Waals surface area contributed by atoms with Gasteiger partial charge in [0.2, 0.25) is 0 Å². The van der Waals surface area contributed by atoms with Gasteiger partial charge in [0.15, 0.2) is 0 Å². The quantitative estimate of drug-likeness (QED) is 0.845. The Balaban J connectivity index is 2.02. The van der Waals surface area contributed by atoms with E-state index >= 15 is 0 Å². The highest BCUT2D eigenvalue weighted by atomic mass is 16.4. The van der Waals surface area contributed by atoms with E-state index in [1.54, 1.807) is 12.4 Å². The lowest BCUT2D eigenvalue weighted by Gasteiger charge is -2.06. The summed E-state index contributed by atoms with van der Waals surface area (Å²) in [6.07, 6.45) is 4.67. The van der Waals surface area contributed by atoms with Gasteiger partial charge < -0.3 is 14.8 Å². The van der Waals surface area contributed by atoms with Crippen LogP contribution >= 0.6 is 0 Å². The number of rotatable bonds is 4. The average molecular weight is 232 g/mol. The number of nitrogens with one attached hydrogen (secondary N) is 1. The molecule has 2 N–H and O–H groups in total. The van der Waals surface area contributed by atoms with Gasteiger partial charge in [-0.25, -0.2) is 4.79 Å². The number of aromatic carboxylic acids is 1. The van der Waals surface area contributed by atoms with Crippen LogP contribution in [0.15, 0.2) is 35.2 Å². The van der Waals surface area contributed by atoms with Crippen molar-refractivity contribution in [2.24, 2.45) is 0 Å². The first kappa shape index (κ1) is 11.2. The highest BCUT2D eigenvalue weighted by Gasteiger charge is 2.08. The molecule has 0 aliphatic rings. The Labute approximate surface area is 98.1 Å². The first-order valence-corrected chi connectivity index (χ1v) is 5.12. The fourth-order valence-corrected chi connectivity index (χ4v) is 1.42. The molecule has 0 radical (unpaired) electrons. The van der Waals surface area contributed by atoms with Crippen molar-refractivity contribution in [3.8, 4) is 0 Å². The lowest BCUT2D eigenvalue weighted by Crippen LogP contribution is -2.00. The molecule has 2 aromatic rings. The first-order valence-electron chi connectivity index (χ1n) is 5.12. The number of pyridine rings is 1. The molecule has 0 spiro atoms. The first-order chi connectivity index (χ1) is 8.16. The number of nitrogens with zero attached hydrogens (tertiary/aromatic N) is 1. The fraction of sp³-hybridized carbons (Fsp3) is 0.167. The van der Waals surface area contributed by atoms with Crippen molar-refractivity contribution in [2.45, 2.75) is 13.5 Å². The van der Waals surface area contributed by atoms with Crippen molar-refractivity contribution in [3.63, 3.8) is 0 Å². The molecular weight excluding hydrogens is 220 g/mol. The zero-order valence-corrected chi connectivity index (χ0v) is 9.30. The van der Waals surface area contributed by atoms with Gasteiger partial charge >= 0.3 is 5.97 Å². The third-order valence-corrected chi connectivity index (χ3v) is 2.39. The van der Waals surface area contributed by atoms with E-state index in [0.29, 0.717) is 12.3 Å². The predicted molar refractivity (Wildman–Crippen MR) is 62.0 cm³/mol. The fourth-order valence-electron chi connectivity index (χ4n) is 1.42. The second-order valence-electron chi connectivity index (χ2n) is 3.65. The van der Waals surface area contributed by atoms with E-state index < -0.39 is 5.97 Å². The van der Waals surface area contributed by atoms with Crippen LogP contribution in [0.1, 0.15) is 21.7 Å². The maximum atomic E-state index is 10.7. The van der Waals surface area contributed by atoms with Gasteiger partial charge in [0.05, 0.1) is 24.0 Å². The summed E-state index contributed by atoms with van der Waals surface area (Å²) >= 11 is 0. The van der Waals surface area contributed by atoms with Crippen LogP contribution in [0.25, 0.3) is 0 Å². The van der Waals surface area contributed by atoms with Crippen molar-refractivity contribution in [1.82, 2.24) is 4.98 Å². The minimum Gasteiger partial charge on any atom is -0.478 e. The molecule has 0 bridgehead atoms. The number of anilines is 1. The molecule has 0 saturated carbocycles. The minimum absolute atomic E-state index is 0.157. The second-order valence-corrected chi connectivity index (χ2v) is 3.65. The Bertz CT molecular complexity index is 534. The third-order valence-electron chi connectivity index (χ3n) is 2.39. The van der Waals surface area contributed by atoms with Crippen molar-refractivity contribution < 1.29 is 14.3 Å². The van der Waals surface area contributed by atoms with Gasteiger partial charge in [-0.2, -0.15) is 0 Å². The minimum atomic E-state index is -0.988. The molecule has 0 aliphatic carbocycles. The van der Waals surface area contributed by atoms with E-state index in [1.807, 2.05) is 13.0 Å². The molecule has 0 aliphatic heterocycles. The smallest absolute Gasteiger partial charge is 0.338 e. The van der Waals surface area contributed by atoms with Crippen molar-refractivity contribution in [3.05, 3.63) is 47.7 Å². The lowest BCUT2D eigenvalue weighted by molar-refractivity contribution is 0.0696. The van der Waals surface area contributed by atoms with Crippen LogP contribution in [-0.4, -0.2) is 16.1 Å². The molecule has 5 nitrogen and oxygen atoms in total. The van der Waals surface area contributed by atoms with Crippen LogP contribution in [0.2, 0.25) is 0 Å². The summed E-state index contributed by atoms with van der Waals surface area (Å²) in [5, 5.41) is 11.9. The maximum Gasteiger partial charge on any atom is 0.338 e. The summed E-state index contributed by atoms with van der Waals surface area (Å²) in [6, 6.07) is 3.40. The molecule has 17 heavy (non-hydrogen) atoms. The molecule has 0 amide bonds. The van der Waals surface area contributed by atoms with E-state index in [4.69, 9.17) is 9.52 Å². The molecule has 5 heteroatoms. The van der Waals surface area contributed by atoms with Crippen LogP contribution in [0.4, 0.5) is 5.69 Å². The van der Waals surface area contributed by atoms with Crippen LogP contribution in [0, 0.1) is 6.92 Å². The molecule has 0 fully saturated rings. The Hall–Kier alpha value is -2.30.